The van der Waals surface area contributed by atoms with Crippen LogP contribution < -0.4 is 4.90 Å². The van der Waals surface area contributed by atoms with Gasteiger partial charge in [0.25, 0.3) is 0 Å². The van der Waals surface area contributed by atoms with Crippen LogP contribution in [0.4, 0.5) is 5.69 Å². The van der Waals surface area contributed by atoms with Crippen LogP contribution in [-0.4, -0.2) is 22.6 Å². The smallest absolute Gasteiger partial charge is 0.232 e. The van der Waals surface area contributed by atoms with E-state index in [2.05, 4.69) is 10.1 Å². The van der Waals surface area contributed by atoms with Crippen molar-refractivity contribution < 1.29 is 9.32 Å². The third kappa shape index (κ3) is 3.03. The second-order valence-corrected chi connectivity index (χ2v) is 6.59. The minimum absolute atomic E-state index is 0.0746. The Bertz CT molecular complexity index is 920. The maximum Gasteiger partial charge on any atom is 0.232 e. The van der Waals surface area contributed by atoms with E-state index in [0.717, 1.165) is 16.8 Å². The molecule has 0 bridgehead atoms. The molecule has 6 heteroatoms. The van der Waals surface area contributed by atoms with Gasteiger partial charge in [-0.3, -0.25) is 4.79 Å². The summed E-state index contributed by atoms with van der Waals surface area (Å²) in [6, 6.07) is 15.1. The summed E-state index contributed by atoms with van der Waals surface area (Å²) < 4.78 is 5.42. The van der Waals surface area contributed by atoms with E-state index in [1.807, 2.05) is 43.3 Å². The SMILES string of the molecule is Cc1ccccc1N1CC(c2nc(-c3ccc(Cl)cc3)no2)CC1=O. The van der Waals surface area contributed by atoms with Crippen LogP contribution >= 0.6 is 11.6 Å². The lowest BCUT2D eigenvalue weighted by Crippen LogP contribution is -2.25. The standard InChI is InChI=1S/C19H16ClN3O2/c1-12-4-2-3-5-16(12)23-11-14(10-17(23)24)19-21-18(22-25-19)13-6-8-15(20)9-7-13/h2-9,14H,10-11H2,1H3. The lowest BCUT2D eigenvalue weighted by molar-refractivity contribution is -0.117. The van der Waals surface area contributed by atoms with E-state index in [4.69, 9.17) is 16.1 Å². The van der Waals surface area contributed by atoms with E-state index in [0.29, 0.717) is 29.7 Å². The second kappa shape index (κ2) is 6.33. The first-order valence-corrected chi connectivity index (χ1v) is 8.45. The van der Waals surface area contributed by atoms with Crippen LogP contribution in [-0.2, 0) is 4.79 Å². The average Bonchev–Trinajstić information content (AvgIpc) is 3.23. The molecule has 1 atom stereocenters. The molecule has 0 saturated carbocycles. The highest BCUT2D eigenvalue weighted by Crippen LogP contribution is 2.33. The highest BCUT2D eigenvalue weighted by atomic mass is 35.5. The molecule has 25 heavy (non-hydrogen) atoms. The van der Waals surface area contributed by atoms with Crippen molar-refractivity contribution >= 4 is 23.2 Å². The topological polar surface area (TPSA) is 59.2 Å². The zero-order chi connectivity index (χ0) is 17.4. The van der Waals surface area contributed by atoms with Gasteiger partial charge in [0.05, 0.1) is 5.92 Å². The second-order valence-electron chi connectivity index (χ2n) is 6.15. The van der Waals surface area contributed by atoms with Gasteiger partial charge in [0.2, 0.25) is 17.6 Å². The molecule has 5 nitrogen and oxygen atoms in total. The predicted molar refractivity (Wildman–Crippen MR) is 95.6 cm³/mol. The number of aryl methyl sites for hydroxylation is 1. The molecule has 0 aliphatic carbocycles. The number of aromatic nitrogens is 2. The quantitative estimate of drug-likeness (QED) is 0.707. The lowest BCUT2D eigenvalue weighted by Gasteiger charge is -2.18. The molecule has 1 amide bonds. The van der Waals surface area contributed by atoms with Gasteiger partial charge < -0.3 is 9.42 Å². The van der Waals surface area contributed by atoms with Crippen LogP contribution in [0.25, 0.3) is 11.4 Å². The number of halogens is 1. The van der Waals surface area contributed by atoms with Crippen molar-refractivity contribution in [1.29, 1.82) is 0 Å². The number of nitrogens with zero attached hydrogens (tertiary/aromatic N) is 3. The molecule has 1 unspecified atom stereocenters. The first kappa shape index (κ1) is 15.8. The van der Waals surface area contributed by atoms with Gasteiger partial charge in [0, 0.05) is 29.2 Å². The van der Waals surface area contributed by atoms with Crippen LogP contribution in [0.15, 0.2) is 53.1 Å². The van der Waals surface area contributed by atoms with Crippen molar-refractivity contribution in [2.45, 2.75) is 19.3 Å². The molecule has 0 N–H and O–H groups in total. The molecule has 4 rings (SSSR count). The Kier molecular flexibility index (Phi) is 4.01. The third-order valence-corrected chi connectivity index (χ3v) is 4.68. The molecule has 1 aliphatic rings. The zero-order valence-electron chi connectivity index (χ0n) is 13.6. The van der Waals surface area contributed by atoms with E-state index in [1.165, 1.54) is 0 Å². The molecule has 2 aromatic carbocycles. The molecule has 1 aliphatic heterocycles. The fraction of sp³-hybridized carbons (Fsp3) is 0.211. The van der Waals surface area contributed by atoms with Gasteiger partial charge >= 0.3 is 0 Å². The maximum absolute atomic E-state index is 12.4. The van der Waals surface area contributed by atoms with Gasteiger partial charge in [-0.15, -0.1) is 0 Å². The summed E-state index contributed by atoms with van der Waals surface area (Å²) >= 11 is 5.90. The summed E-state index contributed by atoms with van der Waals surface area (Å²) in [5.74, 6) is 0.981. The summed E-state index contributed by atoms with van der Waals surface area (Å²) in [5.41, 5.74) is 2.84. The number of anilines is 1. The monoisotopic (exact) mass is 353 g/mol. The molecule has 1 fully saturated rings. The average molecular weight is 354 g/mol. The predicted octanol–water partition coefficient (Wildman–Crippen LogP) is 4.22. The van der Waals surface area contributed by atoms with Crippen molar-refractivity contribution in [1.82, 2.24) is 10.1 Å². The summed E-state index contributed by atoms with van der Waals surface area (Å²) in [6.45, 7) is 2.55. The highest BCUT2D eigenvalue weighted by molar-refractivity contribution is 6.30. The van der Waals surface area contributed by atoms with Gasteiger partial charge in [-0.05, 0) is 42.8 Å². The van der Waals surface area contributed by atoms with Gasteiger partial charge in [0.1, 0.15) is 0 Å². The van der Waals surface area contributed by atoms with E-state index in [-0.39, 0.29) is 11.8 Å². The van der Waals surface area contributed by atoms with E-state index in [1.54, 1.807) is 17.0 Å². The maximum atomic E-state index is 12.4. The van der Waals surface area contributed by atoms with Crippen molar-refractivity contribution in [2.75, 3.05) is 11.4 Å². The summed E-state index contributed by atoms with van der Waals surface area (Å²) in [6.07, 6.45) is 0.372. The highest BCUT2D eigenvalue weighted by Gasteiger charge is 2.35. The molecule has 126 valence electrons. The Morgan fingerprint density at radius 2 is 1.92 bits per heavy atom. The van der Waals surface area contributed by atoms with Crippen LogP contribution in [0.3, 0.4) is 0 Å². The Morgan fingerprint density at radius 3 is 2.68 bits per heavy atom. The lowest BCUT2D eigenvalue weighted by atomic mass is 10.1. The zero-order valence-corrected chi connectivity index (χ0v) is 14.4. The first-order valence-electron chi connectivity index (χ1n) is 8.07. The Balaban J connectivity index is 1.57. The number of carbonyl (C=O) groups is 1. The summed E-state index contributed by atoms with van der Waals surface area (Å²) in [5, 5.41) is 4.70. The van der Waals surface area contributed by atoms with Gasteiger partial charge in [-0.2, -0.15) is 4.98 Å². The summed E-state index contributed by atoms with van der Waals surface area (Å²) in [7, 11) is 0. The molecular formula is C19H16ClN3O2. The van der Waals surface area contributed by atoms with Crippen molar-refractivity contribution in [3.63, 3.8) is 0 Å². The molecule has 0 spiro atoms. The number of benzene rings is 2. The third-order valence-electron chi connectivity index (χ3n) is 4.42. The molecule has 1 aromatic heterocycles. The number of hydrogen-bond acceptors (Lipinski definition) is 4. The van der Waals surface area contributed by atoms with Crippen LogP contribution in [0.1, 0.15) is 23.8 Å². The molecule has 2 heterocycles. The van der Waals surface area contributed by atoms with E-state index in [9.17, 15) is 4.79 Å². The van der Waals surface area contributed by atoms with Crippen LogP contribution in [0.2, 0.25) is 5.02 Å². The Hall–Kier alpha value is -2.66. The molecule has 0 radical (unpaired) electrons. The van der Waals surface area contributed by atoms with E-state index < -0.39 is 0 Å². The van der Waals surface area contributed by atoms with Crippen molar-refractivity contribution in [3.8, 4) is 11.4 Å². The number of amides is 1. The minimum atomic E-state index is -0.0966. The Labute approximate surface area is 150 Å². The number of carbonyl (C=O) groups excluding carboxylic acids is 1. The number of hydrogen-bond donors (Lipinski definition) is 0. The van der Waals surface area contributed by atoms with Gasteiger partial charge in [0.15, 0.2) is 0 Å². The number of rotatable bonds is 3. The van der Waals surface area contributed by atoms with Crippen LogP contribution in [0, 0.1) is 6.92 Å². The Morgan fingerprint density at radius 1 is 1.16 bits per heavy atom. The van der Waals surface area contributed by atoms with E-state index >= 15 is 0 Å². The molecular weight excluding hydrogens is 338 g/mol. The molecule has 1 saturated heterocycles. The van der Waals surface area contributed by atoms with Gasteiger partial charge in [-0.1, -0.05) is 35.0 Å². The first-order chi connectivity index (χ1) is 12.1. The minimum Gasteiger partial charge on any atom is -0.339 e. The fourth-order valence-corrected chi connectivity index (χ4v) is 3.22. The number of para-hydroxylation sites is 1. The van der Waals surface area contributed by atoms with Crippen LogP contribution in [0.5, 0.6) is 0 Å². The normalized spacial score (nSPS) is 17.3. The molecule has 3 aromatic rings. The van der Waals surface area contributed by atoms with Gasteiger partial charge in [-0.25, -0.2) is 0 Å². The summed E-state index contributed by atoms with van der Waals surface area (Å²) in [4.78, 5) is 18.7. The van der Waals surface area contributed by atoms with Crippen molar-refractivity contribution in [3.05, 3.63) is 65.0 Å². The fourth-order valence-electron chi connectivity index (χ4n) is 3.09. The largest absolute Gasteiger partial charge is 0.339 e. The van der Waals surface area contributed by atoms with Crippen molar-refractivity contribution in [2.24, 2.45) is 0 Å².